The molecule has 0 heterocycles. The molecule has 1 aromatic rings. The summed E-state index contributed by atoms with van der Waals surface area (Å²) in [5.41, 5.74) is 2.59. The number of hydrogen-bond acceptors (Lipinski definition) is 1. The lowest BCUT2D eigenvalue weighted by Crippen LogP contribution is -2.27. The molecule has 0 unspecified atom stereocenters. The topological polar surface area (TPSA) is 3.24 Å². The van der Waals surface area contributed by atoms with Crippen LogP contribution in [0.15, 0.2) is 85.8 Å². The highest BCUT2D eigenvalue weighted by Gasteiger charge is 2.08. The Bertz CT molecular complexity index is 582. The molecule has 0 saturated carbocycles. The van der Waals surface area contributed by atoms with Crippen LogP contribution in [-0.4, -0.2) is 18.0 Å². The Morgan fingerprint density at radius 3 is 2.14 bits per heavy atom. The summed E-state index contributed by atoms with van der Waals surface area (Å²) in [7, 11) is 0. The number of rotatable bonds is 9. The lowest BCUT2D eigenvalue weighted by molar-refractivity contribution is 0.318. The van der Waals surface area contributed by atoms with Crippen LogP contribution in [0.1, 0.15) is 5.56 Å². The van der Waals surface area contributed by atoms with Gasteiger partial charge in [-0.05, 0) is 34.9 Å². The minimum absolute atomic E-state index is 0.264. The highest BCUT2D eigenvalue weighted by Crippen LogP contribution is 2.11. The van der Waals surface area contributed by atoms with E-state index in [0.29, 0.717) is 19.6 Å². The molecule has 3 heteroatoms. The van der Waals surface area contributed by atoms with E-state index in [2.05, 4.69) is 31.2 Å². The van der Waals surface area contributed by atoms with E-state index >= 15 is 0 Å². The molecular formula is C19H21F2N. The number of benzene rings is 1. The zero-order chi connectivity index (χ0) is 16.5. The second-order valence-electron chi connectivity index (χ2n) is 5.07. The van der Waals surface area contributed by atoms with Gasteiger partial charge in [0.2, 0.25) is 0 Å². The monoisotopic (exact) mass is 301 g/mol. The van der Waals surface area contributed by atoms with Crippen molar-refractivity contribution < 1.29 is 8.78 Å². The Morgan fingerprint density at radius 1 is 1.00 bits per heavy atom. The molecule has 1 rings (SSSR count). The molecule has 0 amide bonds. The summed E-state index contributed by atoms with van der Waals surface area (Å²) >= 11 is 0. The van der Waals surface area contributed by atoms with Crippen molar-refractivity contribution >= 4 is 0 Å². The standard InChI is InChI=1S/C19H21F2N/c1-5-15(2)12-22(13-16(3)6-7-17(4)20)14-18-8-10-19(21)11-9-18/h5-11H,1-4,12-14H2. The third-order valence-corrected chi connectivity index (χ3v) is 2.96. The molecule has 0 N–H and O–H groups in total. The van der Waals surface area contributed by atoms with Crippen molar-refractivity contribution in [2.45, 2.75) is 6.54 Å². The van der Waals surface area contributed by atoms with Gasteiger partial charge in [-0.25, -0.2) is 8.78 Å². The summed E-state index contributed by atoms with van der Waals surface area (Å²) < 4.78 is 25.6. The molecule has 116 valence electrons. The second kappa shape index (κ2) is 8.90. The van der Waals surface area contributed by atoms with E-state index in [9.17, 15) is 8.78 Å². The zero-order valence-electron chi connectivity index (χ0n) is 12.7. The maximum absolute atomic E-state index is 13.0. The first kappa shape index (κ1) is 17.8. The number of hydrogen-bond donors (Lipinski definition) is 0. The molecule has 0 saturated heterocycles. The van der Waals surface area contributed by atoms with Crippen molar-refractivity contribution in [1.82, 2.24) is 4.90 Å². The fraction of sp³-hybridized carbons (Fsp3) is 0.158. The summed E-state index contributed by atoms with van der Waals surface area (Å²) in [6.45, 7) is 16.4. The summed E-state index contributed by atoms with van der Waals surface area (Å²) in [6, 6.07) is 6.33. The smallest absolute Gasteiger partial charge is 0.123 e. The number of nitrogens with zero attached hydrogens (tertiary/aromatic N) is 1. The van der Waals surface area contributed by atoms with E-state index in [1.54, 1.807) is 24.3 Å². The molecular weight excluding hydrogens is 280 g/mol. The molecule has 1 nitrogen and oxygen atoms in total. The molecule has 0 aliphatic heterocycles. The van der Waals surface area contributed by atoms with Gasteiger partial charge in [-0.2, -0.15) is 0 Å². The third-order valence-electron chi connectivity index (χ3n) is 2.96. The van der Waals surface area contributed by atoms with Crippen LogP contribution in [0.4, 0.5) is 8.78 Å². The van der Waals surface area contributed by atoms with Crippen LogP contribution in [0.5, 0.6) is 0 Å². The SMILES string of the molecule is C=CC(=C)CN(CC(=C)C=CC(=C)F)Cc1ccc(F)cc1. The van der Waals surface area contributed by atoms with Crippen LogP contribution >= 0.6 is 0 Å². The molecule has 0 bridgehead atoms. The summed E-state index contributed by atoms with van der Waals surface area (Å²) in [6.07, 6.45) is 4.57. The van der Waals surface area contributed by atoms with Gasteiger partial charge >= 0.3 is 0 Å². The Labute approximate surface area is 131 Å². The number of halogens is 2. The van der Waals surface area contributed by atoms with Crippen molar-refractivity contribution in [3.63, 3.8) is 0 Å². The van der Waals surface area contributed by atoms with Crippen molar-refractivity contribution in [2.75, 3.05) is 13.1 Å². The van der Waals surface area contributed by atoms with Gasteiger partial charge in [0.15, 0.2) is 0 Å². The first-order valence-electron chi connectivity index (χ1n) is 6.88. The third kappa shape index (κ3) is 6.95. The highest BCUT2D eigenvalue weighted by molar-refractivity contribution is 5.24. The Balaban J connectivity index is 2.76. The van der Waals surface area contributed by atoms with E-state index < -0.39 is 5.83 Å². The van der Waals surface area contributed by atoms with Gasteiger partial charge in [0, 0.05) is 19.6 Å². The van der Waals surface area contributed by atoms with Crippen molar-refractivity contribution in [2.24, 2.45) is 0 Å². The van der Waals surface area contributed by atoms with E-state index in [1.807, 2.05) is 0 Å². The van der Waals surface area contributed by atoms with Gasteiger partial charge in [-0.3, -0.25) is 4.90 Å². The lowest BCUT2D eigenvalue weighted by atomic mass is 10.1. The summed E-state index contributed by atoms with van der Waals surface area (Å²) in [5, 5.41) is 0. The fourth-order valence-electron chi connectivity index (χ4n) is 1.92. The maximum atomic E-state index is 13.0. The Hall–Kier alpha value is -2.26. The van der Waals surface area contributed by atoms with Crippen LogP contribution < -0.4 is 0 Å². The minimum Gasteiger partial charge on any atom is -0.291 e. The largest absolute Gasteiger partial charge is 0.291 e. The Kier molecular flexibility index (Phi) is 7.20. The highest BCUT2D eigenvalue weighted by atomic mass is 19.1. The van der Waals surface area contributed by atoms with E-state index in [-0.39, 0.29) is 5.82 Å². The molecule has 0 radical (unpaired) electrons. The average molecular weight is 301 g/mol. The molecule has 22 heavy (non-hydrogen) atoms. The van der Waals surface area contributed by atoms with Gasteiger partial charge in [0.1, 0.15) is 11.6 Å². The van der Waals surface area contributed by atoms with Gasteiger partial charge < -0.3 is 0 Å². The van der Waals surface area contributed by atoms with Gasteiger partial charge in [-0.1, -0.05) is 50.6 Å². The van der Waals surface area contributed by atoms with Crippen LogP contribution in [0.3, 0.4) is 0 Å². The van der Waals surface area contributed by atoms with Crippen LogP contribution in [0, 0.1) is 5.82 Å². The van der Waals surface area contributed by atoms with Crippen molar-refractivity contribution in [1.29, 1.82) is 0 Å². The van der Waals surface area contributed by atoms with Crippen LogP contribution in [0.2, 0.25) is 0 Å². The molecule has 0 spiro atoms. The molecule has 0 aliphatic carbocycles. The quantitative estimate of drug-likeness (QED) is 0.582. The van der Waals surface area contributed by atoms with E-state index in [1.165, 1.54) is 18.2 Å². The van der Waals surface area contributed by atoms with Gasteiger partial charge in [0.25, 0.3) is 0 Å². The predicted molar refractivity (Wildman–Crippen MR) is 89.5 cm³/mol. The lowest BCUT2D eigenvalue weighted by Gasteiger charge is -2.23. The van der Waals surface area contributed by atoms with E-state index in [0.717, 1.165) is 16.7 Å². The normalized spacial score (nSPS) is 10.9. The van der Waals surface area contributed by atoms with E-state index in [4.69, 9.17) is 0 Å². The van der Waals surface area contributed by atoms with Crippen LogP contribution in [-0.2, 0) is 6.54 Å². The van der Waals surface area contributed by atoms with Gasteiger partial charge in [-0.15, -0.1) is 0 Å². The first-order chi connectivity index (χ1) is 10.4. The first-order valence-corrected chi connectivity index (χ1v) is 6.88. The maximum Gasteiger partial charge on any atom is 0.123 e. The minimum atomic E-state index is -0.512. The number of allylic oxidation sites excluding steroid dienone is 2. The van der Waals surface area contributed by atoms with Crippen LogP contribution in [0.25, 0.3) is 0 Å². The van der Waals surface area contributed by atoms with Gasteiger partial charge in [0.05, 0.1) is 0 Å². The molecule has 1 aromatic carbocycles. The predicted octanol–water partition coefficient (Wildman–Crippen LogP) is 4.97. The summed E-state index contributed by atoms with van der Waals surface area (Å²) in [5.74, 6) is -0.777. The molecule has 0 fully saturated rings. The average Bonchev–Trinajstić information content (AvgIpc) is 2.47. The van der Waals surface area contributed by atoms with Crippen molar-refractivity contribution in [3.05, 3.63) is 97.2 Å². The molecule has 0 aromatic heterocycles. The zero-order valence-corrected chi connectivity index (χ0v) is 12.7. The van der Waals surface area contributed by atoms with Crippen molar-refractivity contribution in [3.8, 4) is 0 Å². The molecule has 0 aliphatic rings. The fourth-order valence-corrected chi connectivity index (χ4v) is 1.92. The second-order valence-corrected chi connectivity index (χ2v) is 5.07. The summed E-state index contributed by atoms with van der Waals surface area (Å²) in [4.78, 5) is 2.07. The Morgan fingerprint density at radius 2 is 1.59 bits per heavy atom. The molecule has 0 atom stereocenters.